The van der Waals surface area contributed by atoms with Crippen LogP contribution in [0.15, 0.2) is 28.7 Å². The molecule has 4 heteroatoms. The number of carbonyl (C=O) groups excluding carboxylic acids is 1. The Balaban J connectivity index is 0.000000347. The van der Waals surface area contributed by atoms with Crippen LogP contribution in [0.4, 0.5) is 0 Å². The number of terminal acetylenes is 1. The molecule has 0 unspecified atom stereocenters. The first-order valence-corrected chi connectivity index (χ1v) is 7.49. The van der Waals surface area contributed by atoms with Gasteiger partial charge in [0.15, 0.2) is 0 Å². The Labute approximate surface area is 129 Å². The monoisotopic (exact) mass is 336 g/mol. The van der Waals surface area contributed by atoms with E-state index < -0.39 is 0 Å². The van der Waals surface area contributed by atoms with Gasteiger partial charge in [-0.15, -0.1) is 6.42 Å². The molecule has 2 N–H and O–H groups in total. The number of benzene rings is 1. The van der Waals surface area contributed by atoms with Crippen molar-refractivity contribution in [2.45, 2.75) is 18.3 Å². The summed E-state index contributed by atoms with van der Waals surface area (Å²) < 4.78 is 1.06. The molecule has 0 spiro atoms. The molecule has 108 valence electrons. The van der Waals surface area contributed by atoms with Crippen LogP contribution in [0.25, 0.3) is 0 Å². The van der Waals surface area contributed by atoms with Gasteiger partial charge >= 0.3 is 0 Å². The lowest BCUT2D eigenvalue weighted by Gasteiger charge is -2.33. The molecule has 1 aromatic carbocycles. The fourth-order valence-electron chi connectivity index (χ4n) is 2.23. The predicted molar refractivity (Wildman–Crippen MR) is 86.7 cm³/mol. The van der Waals surface area contributed by atoms with Gasteiger partial charge in [-0.1, -0.05) is 34.0 Å². The SMILES string of the molecule is C#CCNC.O=CC1(c2ccc(Br)cc2)CCNCC1. The summed E-state index contributed by atoms with van der Waals surface area (Å²) >= 11 is 3.41. The van der Waals surface area contributed by atoms with Crippen molar-refractivity contribution < 1.29 is 4.79 Å². The lowest BCUT2D eigenvalue weighted by Crippen LogP contribution is -2.41. The Kier molecular flexibility index (Phi) is 7.53. The standard InChI is InChI=1S/C12H14BrNO.C4H7N/c13-11-3-1-10(2-4-11)12(9-15)5-7-14-8-6-12;1-3-4-5-2/h1-4,9,14H,5-8H2;1,5H,4H2,2H3. The minimum Gasteiger partial charge on any atom is -0.317 e. The van der Waals surface area contributed by atoms with Gasteiger partial charge in [0.05, 0.1) is 12.0 Å². The number of carbonyl (C=O) groups is 1. The molecule has 3 nitrogen and oxygen atoms in total. The molecule has 0 aromatic heterocycles. The van der Waals surface area contributed by atoms with E-state index in [9.17, 15) is 4.79 Å². The lowest BCUT2D eigenvalue weighted by atomic mass is 9.74. The van der Waals surface area contributed by atoms with Crippen LogP contribution in [0.2, 0.25) is 0 Å². The van der Waals surface area contributed by atoms with Crippen molar-refractivity contribution in [3.05, 3.63) is 34.3 Å². The third-order valence-electron chi connectivity index (χ3n) is 3.42. The van der Waals surface area contributed by atoms with Crippen LogP contribution in [-0.2, 0) is 10.2 Å². The fourth-order valence-corrected chi connectivity index (χ4v) is 2.50. The van der Waals surface area contributed by atoms with Crippen molar-refractivity contribution in [3.8, 4) is 12.3 Å². The van der Waals surface area contributed by atoms with E-state index in [2.05, 4.69) is 32.5 Å². The van der Waals surface area contributed by atoms with Gasteiger partial charge in [0.1, 0.15) is 6.29 Å². The number of nitrogens with one attached hydrogen (secondary N) is 2. The second-order valence-electron chi connectivity index (χ2n) is 4.77. The maximum absolute atomic E-state index is 11.3. The summed E-state index contributed by atoms with van der Waals surface area (Å²) in [6, 6.07) is 8.10. The molecule has 20 heavy (non-hydrogen) atoms. The van der Waals surface area contributed by atoms with E-state index >= 15 is 0 Å². The molecular formula is C16H21BrN2O. The second-order valence-corrected chi connectivity index (χ2v) is 5.68. The number of aldehydes is 1. The minimum absolute atomic E-state index is 0.258. The number of halogens is 1. The Morgan fingerprint density at radius 1 is 1.40 bits per heavy atom. The molecule has 1 saturated heterocycles. The highest BCUT2D eigenvalue weighted by Crippen LogP contribution is 2.31. The van der Waals surface area contributed by atoms with Crippen LogP contribution in [0, 0.1) is 12.3 Å². The zero-order valence-corrected chi connectivity index (χ0v) is 13.4. The van der Waals surface area contributed by atoms with E-state index in [1.165, 1.54) is 0 Å². The summed E-state index contributed by atoms with van der Waals surface area (Å²) in [5.74, 6) is 2.41. The van der Waals surface area contributed by atoms with Gasteiger partial charge in [-0.25, -0.2) is 0 Å². The van der Waals surface area contributed by atoms with Crippen molar-refractivity contribution in [2.24, 2.45) is 0 Å². The van der Waals surface area contributed by atoms with Crippen molar-refractivity contribution >= 4 is 22.2 Å². The molecule has 0 aliphatic carbocycles. The Hall–Kier alpha value is -1.15. The molecule has 2 rings (SSSR count). The van der Waals surface area contributed by atoms with Crippen molar-refractivity contribution in [2.75, 3.05) is 26.7 Å². The lowest BCUT2D eigenvalue weighted by molar-refractivity contribution is -0.113. The van der Waals surface area contributed by atoms with Crippen LogP contribution >= 0.6 is 15.9 Å². The molecule has 0 saturated carbocycles. The summed E-state index contributed by atoms with van der Waals surface area (Å²) in [6.07, 6.45) is 7.75. The van der Waals surface area contributed by atoms with Crippen LogP contribution in [-0.4, -0.2) is 33.0 Å². The largest absolute Gasteiger partial charge is 0.317 e. The quantitative estimate of drug-likeness (QED) is 0.656. The highest BCUT2D eigenvalue weighted by molar-refractivity contribution is 9.10. The highest BCUT2D eigenvalue weighted by atomic mass is 79.9. The average molecular weight is 337 g/mol. The topological polar surface area (TPSA) is 41.1 Å². The molecule has 0 radical (unpaired) electrons. The van der Waals surface area contributed by atoms with Gasteiger partial charge in [0, 0.05) is 4.47 Å². The van der Waals surface area contributed by atoms with Crippen molar-refractivity contribution in [1.29, 1.82) is 0 Å². The van der Waals surface area contributed by atoms with Gasteiger partial charge < -0.3 is 15.4 Å². The average Bonchev–Trinajstić information content (AvgIpc) is 2.50. The van der Waals surface area contributed by atoms with E-state index in [0.717, 1.165) is 42.3 Å². The van der Waals surface area contributed by atoms with Gasteiger partial charge in [-0.2, -0.15) is 0 Å². The first-order chi connectivity index (χ1) is 9.68. The zero-order chi connectivity index (χ0) is 14.8. The van der Waals surface area contributed by atoms with Gasteiger partial charge in [-0.05, 0) is 50.7 Å². The summed E-state index contributed by atoms with van der Waals surface area (Å²) in [7, 11) is 1.82. The predicted octanol–water partition coefficient (Wildman–Crippen LogP) is 2.11. The normalized spacial score (nSPS) is 16.4. The van der Waals surface area contributed by atoms with Gasteiger partial charge in [0.2, 0.25) is 0 Å². The molecule has 1 aliphatic heterocycles. The van der Waals surface area contributed by atoms with E-state index in [-0.39, 0.29) is 5.41 Å². The molecule has 1 fully saturated rings. The van der Waals surface area contributed by atoms with E-state index in [0.29, 0.717) is 6.54 Å². The van der Waals surface area contributed by atoms with Crippen molar-refractivity contribution in [3.63, 3.8) is 0 Å². The van der Waals surface area contributed by atoms with Crippen LogP contribution in [0.3, 0.4) is 0 Å². The maximum Gasteiger partial charge on any atom is 0.130 e. The second kappa shape index (κ2) is 8.91. The summed E-state index contributed by atoms with van der Waals surface area (Å²) in [4.78, 5) is 11.3. The molecule has 1 aromatic rings. The molecule has 1 aliphatic rings. The van der Waals surface area contributed by atoms with Crippen molar-refractivity contribution in [1.82, 2.24) is 10.6 Å². The number of hydrogen-bond acceptors (Lipinski definition) is 3. The molecule has 1 heterocycles. The van der Waals surface area contributed by atoms with Crippen LogP contribution in [0.1, 0.15) is 18.4 Å². The number of hydrogen-bond donors (Lipinski definition) is 2. The van der Waals surface area contributed by atoms with Gasteiger partial charge in [0.25, 0.3) is 0 Å². The first-order valence-electron chi connectivity index (χ1n) is 6.69. The number of piperidine rings is 1. The van der Waals surface area contributed by atoms with Crippen LogP contribution in [0.5, 0.6) is 0 Å². The summed E-state index contributed by atoms with van der Waals surface area (Å²) in [6.45, 7) is 2.52. The smallest absolute Gasteiger partial charge is 0.130 e. The molecule has 0 amide bonds. The summed E-state index contributed by atoms with van der Waals surface area (Å²) in [5, 5.41) is 6.07. The van der Waals surface area contributed by atoms with E-state index in [1.807, 2.05) is 31.3 Å². The Morgan fingerprint density at radius 3 is 2.40 bits per heavy atom. The number of rotatable bonds is 3. The molecule has 0 bridgehead atoms. The Morgan fingerprint density at radius 2 is 2.00 bits per heavy atom. The van der Waals surface area contributed by atoms with Crippen LogP contribution < -0.4 is 10.6 Å². The highest BCUT2D eigenvalue weighted by Gasteiger charge is 2.33. The fraction of sp³-hybridized carbons (Fsp3) is 0.438. The summed E-state index contributed by atoms with van der Waals surface area (Å²) in [5.41, 5.74) is 0.883. The zero-order valence-electron chi connectivity index (χ0n) is 11.8. The van der Waals surface area contributed by atoms with Gasteiger partial charge in [-0.3, -0.25) is 0 Å². The minimum atomic E-state index is -0.258. The maximum atomic E-state index is 11.3. The first kappa shape index (κ1) is 16.9. The molecular weight excluding hydrogens is 316 g/mol. The molecule has 0 atom stereocenters. The third-order valence-corrected chi connectivity index (χ3v) is 3.95. The third kappa shape index (κ3) is 4.75. The van der Waals surface area contributed by atoms with E-state index in [1.54, 1.807) is 0 Å². The van der Waals surface area contributed by atoms with E-state index in [4.69, 9.17) is 6.42 Å². The Bertz CT molecular complexity index is 445.